The van der Waals surface area contributed by atoms with Gasteiger partial charge in [0.2, 0.25) is 5.91 Å². The number of carbonyl (C=O) groups is 2. The predicted molar refractivity (Wildman–Crippen MR) is 203 cm³/mol. The average Bonchev–Trinajstić information content (AvgIpc) is 3.37. The van der Waals surface area contributed by atoms with Gasteiger partial charge >= 0.3 is 5.97 Å². The molecule has 0 spiro atoms. The van der Waals surface area contributed by atoms with Gasteiger partial charge in [-0.25, -0.2) is 4.79 Å². The summed E-state index contributed by atoms with van der Waals surface area (Å²) in [5, 5.41) is 12.7. The second-order valence-corrected chi connectivity index (χ2v) is 25.8. The summed E-state index contributed by atoms with van der Waals surface area (Å²) in [7, 11) is -5.16. The van der Waals surface area contributed by atoms with Crippen LogP contribution in [0.2, 0.25) is 23.2 Å². The van der Waals surface area contributed by atoms with E-state index >= 15 is 0 Å². The molecule has 3 aromatic carbocycles. The second-order valence-electron chi connectivity index (χ2n) is 15.5. The Kier molecular flexibility index (Phi) is 10.7. The van der Waals surface area contributed by atoms with Gasteiger partial charge in [0.05, 0.1) is 23.6 Å². The molecule has 1 saturated heterocycles. The van der Waals surface area contributed by atoms with Crippen molar-refractivity contribution in [3.05, 3.63) is 111 Å². The van der Waals surface area contributed by atoms with Gasteiger partial charge in [-0.1, -0.05) is 114 Å². The number of thioether (sulfide) groups is 1. The van der Waals surface area contributed by atoms with Crippen LogP contribution in [0.4, 0.5) is 5.69 Å². The van der Waals surface area contributed by atoms with Gasteiger partial charge in [-0.05, 0) is 58.2 Å². The number of rotatable bonds is 12. The van der Waals surface area contributed by atoms with Crippen LogP contribution in [0.25, 0.3) is 0 Å². The second kappa shape index (κ2) is 14.2. The zero-order chi connectivity index (χ0) is 36.6. The van der Waals surface area contributed by atoms with Crippen molar-refractivity contribution in [1.82, 2.24) is 4.90 Å². The Hall–Kier alpha value is -3.56. The quantitative estimate of drug-likeness (QED) is 0.0625. The van der Waals surface area contributed by atoms with Crippen LogP contribution in [-0.4, -0.2) is 56.4 Å². The molecule has 1 amide bonds. The first-order chi connectivity index (χ1) is 23.4. The van der Waals surface area contributed by atoms with Crippen molar-refractivity contribution in [1.29, 1.82) is 0 Å². The molecule has 50 heavy (non-hydrogen) atoms. The third-order valence-electron chi connectivity index (χ3n) is 10.2. The Bertz CT molecular complexity index is 1710. The lowest BCUT2D eigenvalue weighted by molar-refractivity contribution is -0.384. The summed E-state index contributed by atoms with van der Waals surface area (Å²) >= 11 is 1.48. The molecule has 9 nitrogen and oxygen atoms in total. The number of non-ortho nitro benzene ring substituents is 1. The Morgan fingerprint density at radius 3 is 1.90 bits per heavy atom. The van der Waals surface area contributed by atoms with Gasteiger partial charge in [0, 0.05) is 17.0 Å². The van der Waals surface area contributed by atoms with E-state index in [1.54, 1.807) is 17.0 Å². The molecular formula is C38H48N2O7SSi2. The van der Waals surface area contributed by atoms with E-state index in [0.29, 0.717) is 10.5 Å². The molecule has 3 aromatic rings. The summed E-state index contributed by atoms with van der Waals surface area (Å²) in [6, 6.07) is 26.4. The van der Waals surface area contributed by atoms with Gasteiger partial charge in [0.15, 0.2) is 8.32 Å². The maximum atomic E-state index is 14.0. The maximum absolute atomic E-state index is 14.0. The van der Waals surface area contributed by atoms with Crippen LogP contribution in [0.3, 0.4) is 0 Å². The number of hydrogen-bond donors (Lipinski definition) is 0. The van der Waals surface area contributed by atoms with Crippen LogP contribution in [-0.2, 0) is 29.8 Å². The largest absolute Gasteiger partial charge is 0.456 e. The Morgan fingerprint density at radius 1 is 0.880 bits per heavy atom. The third-order valence-corrected chi connectivity index (χ3v) is 21.1. The predicted octanol–water partition coefficient (Wildman–Crippen LogP) is 7.37. The van der Waals surface area contributed by atoms with Gasteiger partial charge in [-0.3, -0.25) is 19.8 Å². The fourth-order valence-corrected chi connectivity index (χ4v) is 14.1. The normalized spacial score (nSPS) is 18.8. The number of carbonyl (C=O) groups excluding carboxylic acids is 2. The number of β-lactam (4-membered cyclic amide) rings is 1. The van der Waals surface area contributed by atoms with Crippen molar-refractivity contribution in [2.75, 3.05) is 6.61 Å². The molecule has 0 unspecified atom stereocenters. The monoisotopic (exact) mass is 732 g/mol. The number of nitrogens with zero attached hydrogens (tertiary/aromatic N) is 2. The molecule has 0 saturated carbocycles. The summed E-state index contributed by atoms with van der Waals surface area (Å²) in [5.74, 6) is -1.24. The lowest BCUT2D eigenvalue weighted by Crippen LogP contribution is -2.66. The van der Waals surface area contributed by atoms with Crippen LogP contribution >= 0.6 is 11.8 Å². The Morgan fingerprint density at radius 2 is 1.42 bits per heavy atom. The highest BCUT2D eigenvalue weighted by atomic mass is 32.2. The molecule has 0 radical (unpaired) electrons. The van der Waals surface area contributed by atoms with E-state index < -0.39 is 33.4 Å². The van der Waals surface area contributed by atoms with Crippen molar-refractivity contribution in [2.24, 2.45) is 5.92 Å². The van der Waals surface area contributed by atoms with Gasteiger partial charge in [0.25, 0.3) is 14.0 Å². The molecule has 0 N–H and O–H groups in total. The number of hydrogen-bond acceptors (Lipinski definition) is 8. The molecule has 2 aliphatic heterocycles. The molecule has 0 aliphatic carbocycles. The average molecular weight is 733 g/mol. The van der Waals surface area contributed by atoms with Gasteiger partial charge < -0.3 is 13.6 Å². The third kappa shape index (κ3) is 7.13. The lowest BCUT2D eigenvalue weighted by Gasteiger charge is -2.48. The Labute approximate surface area is 301 Å². The maximum Gasteiger partial charge on any atom is 0.356 e. The summed E-state index contributed by atoms with van der Waals surface area (Å²) in [4.78, 5) is 40.8. The van der Waals surface area contributed by atoms with Gasteiger partial charge in [-0.2, -0.15) is 0 Å². The van der Waals surface area contributed by atoms with Crippen molar-refractivity contribution >= 4 is 56.3 Å². The number of ether oxygens (including phenoxy) is 1. The van der Waals surface area contributed by atoms with Gasteiger partial charge in [0.1, 0.15) is 17.7 Å². The van der Waals surface area contributed by atoms with E-state index in [1.165, 1.54) is 23.9 Å². The van der Waals surface area contributed by atoms with Crippen molar-refractivity contribution in [2.45, 2.75) is 89.7 Å². The van der Waals surface area contributed by atoms with Crippen LogP contribution < -0.4 is 10.4 Å². The number of nitro groups is 1. The SMILES string of the molecule is C[C@@H](O[Si](C)(C)C(C)(C)C)[C@H]1C(=O)N2C(C(=O)OCc3ccc([N+](=O)[O-])cc3)=C(CO[Si](c3ccccc3)(c3ccccc3)C(C)(C)C)S[C@H]12. The number of fused-ring (bicyclic) bond motifs is 1. The standard InChI is InChI=1S/C38H48N2O7SSi2/c1-26(47-49(8,9)37(2,3)4)32-34(41)39-33(36(42)45-24-27-20-22-28(23-21-27)40(43)44)31(48-35(32)39)25-46-50(38(5,6)7,29-16-12-10-13-17-29)30-18-14-11-15-19-30/h10-23,26,32,35H,24-25H2,1-9H3/t26-,32+,35-/m1/s1. The van der Waals surface area contributed by atoms with E-state index in [1.807, 2.05) is 43.3 Å². The molecule has 12 heteroatoms. The molecular weight excluding hydrogens is 685 g/mol. The molecule has 2 aliphatic rings. The highest BCUT2D eigenvalue weighted by Crippen LogP contribution is 2.52. The first-order valence-corrected chi connectivity index (χ1v) is 22.6. The van der Waals surface area contributed by atoms with E-state index in [9.17, 15) is 19.7 Å². The fraction of sp³-hybridized carbons (Fsp3) is 0.421. The van der Waals surface area contributed by atoms with E-state index in [2.05, 4.69) is 78.9 Å². The summed E-state index contributed by atoms with van der Waals surface area (Å²) in [6.07, 6.45) is -0.341. The molecule has 0 aromatic heterocycles. The van der Waals surface area contributed by atoms with Crippen molar-refractivity contribution in [3.8, 4) is 0 Å². The summed E-state index contributed by atoms with van der Waals surface area (Å²) in [6.45, 7) is 19.4. The zero-order valence-electron chi connectivity index (χ0n) is 30.4. The number of benzene rings is 3. The lowest BCUT2D eigenvalue weighted by atomic mass is 9.92. The fourth-order valence-electron chi connectivity index (χ4n) is 6.51. The van der Waals surface area contributed by atoms with Crippen LogP contribution in [0.1, 0.15) is 54.0 Å². The number of nitro benzene ring substituents is 1. The highest BCUT2D eigenvalue weighted by Gasteiger charge is 2.60. The highest BCUT2D eigenvalue weighted by molar-refractivity contribution is 8.04. The zero-order valence-corrected chi connectivity index (χ0v) is 33.2. The molecule has 1 fully saturated rings. The molecule has 2 heterocycles. The molecule has 3 atom stereocenters. The van der Waals surface area contributed by atoms with Gasteiger partial charge in [-0.15, -0.1) is 0 Å². The van der Waals surface area contributed by atoms with Crippen LogP contribution in [0.5, 0.6) is 0 Å². The van der Waals surface area contributed by atoms with E-state index in [0.717, 1.165) is 10.4 Å². The summed E-state index contributed by atoms with van der Waals surface area (Å²) < 4.78 is 19.7. The van der Waals surface area contributed by atoms with Crippen LogP contribution in [0, 0.1) is 16.0 Å². The topological polar surface area (TPSA) is 108 Å². The van der Waals surface area contributed by atoms with Crippen LogP contribution in [0.15, 0.2) is 95.5 Å². The molecule has 0 bridgehead atoms. The minimum Gasteiger partial charge on any atom is -0.456 e. The molecule has 266 valence electrons. The number of amides is 1. The smallest absolute Gasteiger partial charge is 0.356 e. The minimum atomic E-state index is -2.98. The van der Waals surface area contributed by atoms with Crippen molar-refractivity contribution < 1.29 is 28.1 Å². The Balaban J connectivity index is 1.49. The van der Waals surface area contributed by atoms with E-state index in [4.69, 9.17) is 13.6 Å². The minimum absolute atomic E-state index is 0.0313. The summed E-state index contributed by atoms with van der Waals surface area (Å²) in [5.41, 5.74) is 0.744. The first-order valence-electron chi connectivity index (χ1n) is 17.0. The first kappa shape index (κ1) is 37.7. The number of esters is 1. The molecule has 5 rings (SSSR count). The van der Waals surface area contributed by atoms with Crippen molar-refractivity contribution in [3.63, 3.8) is 0 Å². The van der Waals surface area contributed by atoms with E-state index in [-0.39, 0.29) is 52.1 Å².